The van der Waals surface area contributed by atoms with Gasteiger partial charge in [-0.05, 0) is 35.1 Å². The number of ether oxygens (including phenoxy) is 1. The van der Waals surface area contributed by atoms with Crippen molar-refractivity contribution in [1.29, 1.82) is 0 Å². The monoisotopic (exact) mass is 446 g/mol. The molecule has 32 heavy (non-hydrogen) atoms. The van der Waals surface area contributed by atoms with Gasteiger partial charge in [0.25, 0.3) is 0 Å². The normalized spacial score (nSPS) is 10.5. The Balaban J connectivity index is 1.55. The summed E-state index contributed by atoms with van der Waals surface area (Å²) >= 11 is 1.29. The minimum absolute atomic E-state index is 0.0778. The van der Waals surface area contributed by atoms with E-state index in [1.807, 2.05) is 41.8 Å². The number of hydrogen-bond acceptors (Lipinski definition) is 9. The van der Waals surface area contributed by atoms with Gasteiger partial charge in [-0.25, -0.2) is 4.98 Å². The van der Waals surface area contributed by atoms with Gasteiger partial charge in [-0.15, -0.1) is 11.7 Å². The Hall–Kier alpha value is -4.18. The van der Waals surface area contributed by atoms with E-state index in [0.29, 0.717) is 18.7 Å². The van der Waals surface area contributed by atoms with Gasteiger partial charge in [-0.3, -0.25) is 10.1 Å². The molecule has 9 nitrogen and oxygen atoms in total. The smallest absolute Gasteiger partial charge is 0.373 e. The number of anilines is 1. The topological polar surface area (TPSA) is 116 Å². The minimum Gasteiger partial charge on any atom is -0.433 e. The summed E-state index contributed by atoms with van der Waals surface area (Å²) in [7, 11) is 0. The highest BCUT2D eigenvalue weighted by Crippen LogP contribution is 2.35. The molecule has 0 bridgehead atoms. The molecule has 160 valence electrons. The first-order chi connectivity index (χ1) is 15.7. The molecule has 2 aromatic heterocycles. The van der Waals surface area contributed by atoms with Gasteiger partial charge < -0.3 is 10.1 Å². The number of nitrogens with one attached hydrogen (secondary N) is 1. The summed E-state index contributed by atoms with van der Waals surface area (Å²) < 4.78 is 9.67. The fraction of sp³-hybridized carbons (Fsp3) is 0.0909. The van der Waals surface area contributed by atoms with Crippen LogP contribution in [0.25, 0.3) is 11.3 Å². The molecule has 0 radical (unpaired) electrons. The number of allylic oxidation sites excluding steroid dienone is 1. The van der Waals surface area contributed by atoms with E-state index in [2.05, 4.69) is 31.5 Å². The molecule has 0 aliphatic heterocycles. The van der Waals surface area contributed by atoms with Crippen molar-refractivity contribution in [2.45, 2.75) is 13.0 Å². The van der Waals surface area contributed by atoms with Crippen molar-refractivity contribution in [1.82, 2.24) is 19.6 Å². The summed E-state index contributed by atoms with van der Waals surface area (Å²) in [5, 5.41) is 20.7. The van der Waals surface area contributed by atoms with Crippen LogP contribution in [-0.4, -0.2) is 24.5 Å². The molecule has 0 saturated heterocycles. The average Bonchev–Trinajstić information content (AvgIpc) is 3.34. The molecule has 0 spiro atoms. The van der Waals surface area contributed by atoms with Crippen LogP contribution in [-0.2, 0) is 13.0 Å². The van der Waals surface area contributed by atoms with Crippen molar-refractivity contribution >= 4 is 23.0 Å². The largest absolute Gasteiger partial charge is 0.433 e. The van der Waals surface area contributed by atoms with Crippen molar-refractivity contribution in [3.8, 4) is 22.9 Å². The number of hydrogen-bond donors (Lipinski definition) is 1. The summed E-state index contributed by atoms with van der Waals surface area (Å²) in [6, 6.07) is 14.9. The van der Waals surface area contributed by atoms with Crippen molar-refractivity contribution in [3.63, 3.8) is 0 Å². The minimum atomic E-state index is -0.549. The van der Waals surface area contributed by atoms with Crippen molar-refractivity contribution in [2.75, 3.05) is 5.32 Å². The van der Waals surface area contributed by atoms with Gasteiger partial charge in [0, 0.05) is 17.5 Å². The van der Waals surface area contributed by atoms with Crippen LogP contribution in [0.15, 0.2) is 72.9 Å². The van der Waals surface area contributed by atoms with Crippen LogP contribution in [0.4, 0.5) is 11.5 Å². The second-order valence-electron chi connectivity index (χ2n) is 6.68. The van der Waals surface area contributed by atoms with E-state index in [-0.39, 0.29) is 17.4 Å². The van der Waals surface area contributed by atoms with Gasteiger partial charge in [-0.1, -0.05) is 53.0 Å². The second-order valence-corrected chi connectivity index (χ2v) is 7.29. The molecule has 0 aliphatic rings. The lowest BCUT2D eigenvalue weighted by atomic mass is 10.1. The van der Waals surface area contributed by atoms with Gasteiger partial charge in [-0.2, -0.15) is 4.98 Å². The number of aromatic nitrogens is 4. The molecule has 4 aromatic rings. The van der Waals surface area contributed by atoms with E-state index in [0.717, 1.165) is 22.4 Å². The zero-order chi connectivity index (χ0) is 22.3. The van der Waals surface area contributed by atoms with Crippen LogP contribution in [0.3, 0.4) is 0 Å². The SMILES string of the molecule is C=CCc1ccccc1Oc1ncnc(NCc2ccc(-c3csnn3)cc2)c1[N+](=O)[O-]. The molecular weight excluding hydrogens is 428 g/mol. The Morgan fingerprint density at radius 2 is 1.97 bits per heavy atom. The third kappa shape index (κ3) is 4.76. The maximum Gasteiger partial charge on any atom is 0.373 e. The highest BCUT2D eigenvalue weighted by Gasteiger charge is 2.25. The highest BCUT2D eigenvalue weighted by atomic mass is 32.1. The number of nitro groups is 1. The molecule has 0 fully saturated rings. The quantitative estimate of drug-likeness (QED) is 0.216. The molecule has 0 amide bonds. The second kappa shape index (κ2) is 9.75. The fourth-order valence-corrected chi connectivity index (χ4v) is 3.50. The molecule has 0 unspecified atom stereocenters. The first-order valence-corrected chi connectivity index (χ1v) is 10.5. The summed E-state index contributed by atoms with van der Waals surface area (Å²) in [6.07, 6.45) is 3.53. The molecular formula is C22H18N6O3S. The summed E-state index contributed by atoms with van der Waals surface area (Å²) in [5.74, 6) is 0.427. The molecule has 2 heterocycles. The Labute approximate surface area is 187 Å². The lowest BCUT2D eigenvalue weighted by Gasteiger charge is -2.11. The van der Waals surface area contributed by atoms with Crippen LogP contribution < -0.4 is 10.1 Å². The van der Waals surface area contributed by atoms with Crippen molar-refractivity contribution in [2.24, 2.45) is 0 Å². The lowest BCUT2D eigenvalue weighted by molar-refractivity contribution is -0.385. The Morgan fingerprint density at radius 1 is 1.16 bits per heavy atom. The van der Waals surface area contributed by atoms with Crippen LogP contribution in [0.1, 0.15) is 11.1 Å². The van der Waals surface area contributed by atoms with E-state index in [9.17, 15) is 10.1 Å². The van der Waals surface area contributed by atoms with Gasteiger partial charge in [0.2, 0.25) is 5.82 Å². The van der Waals surface area contributed by atoms with Gasteiger partial charge >= 0.3 is 11.6 Å². The van der Waals surface area contributed by atoms with Crippen molar-refractivity contribution < 1.29 is 9.66 Å². The maximum absolute atomic E-state index is 11.8. The maximum atomic E-state index is 11.8. The summed E-state index contributed by atoms with van der Waals surface area (Å²) in [6.45, 7) is 4.06. The van der Waals surface area contributed by atoms with Gasteiger partial charge in [0.15, 0.2) is 0 Å². The molecule has 2 aromatic carbocycles. The molecule has 0 aliphatic carbocycles. The Morgan fingerprint density at radius 3 is 2.69 bits per heavy atom. The lowest BCUT2D eigenvalue weighted by Crippen LogP contribution is -2.07. The highest BCUT2D eigenvalue weighted by molar-refractivity contribution is 7.03. The standard InChI is InChI=1S/C22H18N6O3S/c1-2-5-17-6-3-4-7-19(17)31-22-20(28(29)30)21(24-14-25-22)23-12-15-8-10-16(11-9-15)18-13-32-27-26-18/h2-4,6-11,13-14H,1,5,12H2,(H,23,24,25). The van der Waals surface area contributed by atoms with Gasteiger partial charge in [0.05, 0.1) is 4.92 Å². The third-order valence-corrected chi connectivity index (χ3v) is 5.09. The zero-order valence-electron chi connectivity index (χ0n) is 16.8. The van der Waals surface area contributed by atoms with Crippen molar-refractivity contribution in [3.05, 3.63) is 94.1 Å². The molecule has 0 atom stereocenters. The number of nitrogens with zero attached hydrogens (tertiary/aromatic N) is 5. The summed E-state index contributed by atoms with van der Waals surface area (Å²) in [5.41, 5.74) is 3.19. The number of benzene rings is 2. The Bertz CT molecular complexity index is 1230. The third-order valence-electron chi connectivity index (χ3n) is 4.58. The average molecular weight is 446 g/mol. The molecule has 1 N–H and O–H groups in total. The van der Waals surface area contributed by atoms with Crippen LogP contribution >= 0.6 is 11.5 Å². The number of para-hydroxylation sites is 1. The molecule has 10 heteroatoms. The van der Waals surface area contributed by atoms with E-state index >= 15 is 0 Å². The predicted octanol–water partition coefficient (Wildman–Crippen LogP) is 5.04. The first kappa shape index (κ1) is 21.1. The Kier molecular flexibility index (Phi) is 6.42. The first-order valence-electron chi connectivity index (χ1n) is 9.62. The number of rotatable bonds is 9. The van der Waals surface area contributed by atoms with E-state index in [1.54, 1.807) is 18.2 Å². The molecule has 0 saturated carbocycles. The van der Waals surface area contributed by atoms with Crippen LogP contribution in [0, 0.1) is 10.1 Å². The predicted molar refractivity (Wildman–Crippen MR) is 122 cm³/mol. The van der Waals surface area contributed by atoms with Crippen LogP contribution in [0.5, 0.6) is 11.6 Å². The van der Waals surface area contributed by atoms with Crippen LogP contribution in [0.2, 0.25) is 0 Å². The van der Waals surface area contributed by atoms with E-state index in [1.165, 1.54) is 17.9 Å². The fourth-order valence-electron chi connectivity index (χ4n) is 3.03. The van der Waals surface area contributed by atoms with E-state index in [4.69, 9.17) is 4.74 Å². The zero-order valence-corrected chi connectivity index (χ0v) is 17.7. The van der Waals surface area contributed by atoms with E-state index < -0.39 is 4.92 Å². The molecule has 4 rings (SSSR count). The summed E-state index contributed by atoms with van der Waals surface area (Å²) in [4.78, 5) is 19.3. The van der Waals surface area contributed by atoms with Gasteiger partial charge in [0.1, 0.15) is 17.8 Å².